The third-order valence-electron chi connectivity index (χ3n) is 4.54. The van der Waals surface area contributed by atoms with Crippen LogP contribution >= 0.6 is 0 Å². The molecular formula is C22H20N2O2. The van der Waals surface area contributed by atoms with E-state index in [-0.39, 0.29) is 12.6 Å². The number of hydrogen-bond donors (Lipinski definition) is 0. The number of ether oxygens (including phenoxy) is 1. The van der Waals surface area contributed by atoms with Gasteiger partial charge in [0, 0.05) is 18.8 Å². The van der Waals surface area contributed by atoms with Gasteiger partial charge >= 0.3 is 5.97 Å². The molecule has 0 spiro atoms. The van der Waals surface area contributed by atoms with Gasteiger partial charge in [0.15, 0.2) is 0 Å². The number of carbonyl (C=O) groups excluding carboxylic acids is 1. The number of imidazole rings is 1. The highest BCUT2D eigenvalue weighted by Crippen LogP contribution is 2.17. The molecule has 0 aliphatic carbocycles. The standard InChI is InChI=1S/C22H20N2O2/c1-16-5-4-12-24-14-20(23-22(16)24)15-26-21(25)11-9-17-8-10-18-6-2-3-7-19(18)13-17/h2-8,10,12-14H,9,11,15H2,1H3. The van der Waals surface area contributed by atoms with Crippen molar-refractivity contribution in [2.24, 2.45) is 0 Å². The lowest BCUT2D eigenvalue weighted by Crippen LogP contribution is -2.06. The Morgan fingerprint density at radius 1 is 1.08 bits per heavy atom. The summed E-state index contributed by atoms with van der Waals surface area (Å²) in [5.74, 6) is -0.202. The van der Waals surface area contributed by atoms with E-state index in [1.54, 1.807) is 0 Å². The van der Waals surface area contributed by atoms with Crippen LogP contribution < -0.4 is 0 Å². The topological polar surface area (TPSA) is 43.6 Å². The summed E-state index contributed by atoms with van der Waals surface area (Å²) in [6.07, 6.45) is 4.89. The van der Waals surface area contributed by atoms with Crippen molar-refractivity contribution in [3.8, 4) is 0 Å². The minimum Gasteiger partial charge on any atom is -0.459 e. The lowest BCUT2D eigenvalue weighted by atomic mass is 10.0. The predicted molar refractivity (Wildman–Crippen MR) is 102 cm³/mol. The van der Waals surface area contributed by atoms with Crippen LogP contribution in [0, 0.1) is 6.92 Å². The summed E-state index contributed by atoms with van der Waals surface area (Å²) in [5, 5.41) is 2.40. The van der Waals surface area contributed by atoms with Crippen molar-refractivity contribution in [2.45, 2.75) is 26.4 Å². The highest BCUT2D eigenvalue weighted by molar-refractivity contribution is 5.83. The molecule has 0 N–H and O–H groups in total. The normalized spacial score (nSPS) is 11.1. The highest BCUT2D eigenvalue weighted by Gasteiger charge is 2.08. The van der Waals surface area contributed by atoms with Crippen molar-refractivity contribution >= 4 is 22.4 Å². The van der Waals surface area contributed by atoms with E-state index in [0.717, 1.165) is 22.5 Å². The molecule has 26 heavy (non-hydrogen) atoms. The quantitative estimate of drug-likeness (QED) is 0.502. The van der Waals surface area contributed by atoms with Crippen LogP contribution in [0.1, 0.15) is 23.2 Å². The number of carbonyl (C=O) groups is 1. The molecule has 2 heterocycles. The zero-order valence-corrected chi connectivity index (χ0v) is 14.7. The van der Waals surface area contributed by atoms with Gasteiger partial charge in [-0.3, -0.25) is 4.79 Å². The smallest absolute Gasteiger partial charge is 0.306 e. The minimum absolute atomic E-state index is 0.202. The van der Waals surface area contributed by atoms with Crippen molar-refractivity contribution in [3.63, 3.8) is 0 Å². The summed E-state index contributed by atoms with van der Waals surface area (Å²) in [6, 6.07) is 18.5. The number of benzene rings is 2. The zero-order chi connectivity index (χ0) is 17.9. The second-order valence-corrected chi connectivity index (χ2v) is 6.50. The Bertz CT molecular complexity index is 1080. The maximum Gasteiger partial charge on any atom is 0.306 e. The van der Waals surface area contributed by atoms with Crippen molar-refractivity contribution in [2.75, 3.05) is 0 Å². The molecule has 0 saturated heterocycles. The van der Waals surface area contributed by atoms with E-state index in [1.165, 1.54) is 10.8 Å². The third-order valence-corrected chi connectivity index (χ3v) is 4.54. The van der Waals surface area contributed by atoms with Gasteiger partial charge in [-0.05, 0) is 41.3 Å². The lowest BCUT2D eigenvalue weighted by molar-refractivity contribution is -0.145. The van der Waals surface area contributed by atoms with Crippen LogP contribution in [0.5, 0.6) is 0 Å². The second kappa shape index (κ2) is 7.00. The van der Waals surface area contributed by atoms with Gasteiger partial charge in [-0.1, -0.05) is 48.5 Å². The summed E-state index contributed by atoms with van der Waals surface area (Å²) >= 11 is 0. The van der Waals surface area contributed by atoms with Crippen LogP contribution in [0.4, 0.5) is 0 Å². The van der Waals surface area contributed by atoms with Crippen molar-refractivity contribution in [3.05, 3.63) is 83.8 Å². The van der Waals surface area contributed by atoms with Gasteiger partial charge in [-0.2, -0.15) is 0 Å². The maximum absolute atomic E-state index is 12.1. The molecule has 0 aliphatic rings. The number of aromatic nitrogens is 2. The van der Waals surface area contributed by atoms with E-state index in [4.69, 9.17) is 4.74 Å². The SMILES string of the molecule is Cc1cccn2cc(COC(=O)CCc3ccc4ccccc4c3)nc12. The molecule has 0 saturated carbocycles. The largest absolute Gasteiger partial charge is 0.459 e. The van der Waals surface area contributed by atoms with Crippen LogP contribution in [0.2, 0.25) is 0 Å². The molecule has 4 nitrogen and oxygen atoms in total. The van der Waals surface area contributed by atoms with Crippen molar-refractivity contribution in [1.29, 1.82) is 0 Å². The van der Waals surface area contributed by atoms with Crippen LogP contribution in [0.25, 0.3) is 16.4 Å². The van der Waals surface area contributed by atoms with Gasteiger partial charge < -0.3 is 9.14 Å². The van der Waals surface area contributed by atoms with Gasteiger partial charge in [0.25, 0.3) is 0 Å². The van der Waals surface area contributed by atoms with Crippen LogP contribution in [0.15, 0.2) is 67.0 Å². The number of rotatable bonds is 5. The summed E-state index contributed by atoms with van der Waals surface area (Å²) in [4.78, 5) is 16.6. The van der Waals surface area contributed by atoms with Crippen LogP contribution in [-0.2, 0) is 22.6 Å². The van der Waals surface area contributed by atoms with E-state index in [2.05, 4.69) is 35.3 Å². The number of fused-ring (bicyclic) bond motifs is 2. The first-order valence-corrected chi connectivity index (χ1v) is 8.75. The first-order valence-electron chi connectivity index (χ1n) is 8.75. The molecular weight excluding hydrogens is 324 g/mol. The fourth-order valence-corrected chi connectivity index (χ4v) is 3.14. The van der Waals surface area contributed by atoms with Gasteiger partial charge in [0.2, 0.25) is 0 Å². The van der Waals surface area contributed by atoms with Gasteiger partial charge in [-0.25, -0.2) is 4.98 Å². The molecule has 2 aromatic heterocycles. The average Bonchev–Trinajstić information content (AvgIpc) is 3.09. The molecule has 0 atom stereocenters. The van der Waals surface area contributed by atoms with Gasteiger partial charge in [0.05, 0.1) is 5.69 Å². The summed E-state index contributed by atoms with van der Waals surface area (Å²) in [5.41, 5.74) is 3.90. The lowest BCUT2D eigenvalue weighted by Gasteiger charge is -2.05. The van der Waals surface area contributed by atoms with E-state index in [9.17, 15) is 4.79 Å². The molecule has 0 radical (unpaired) electrons. The van der Waals surface area contributed by atoms with E-state index >= 15 is 0 Å². The predicted octanol–water partition coefficient (Wildman–Crippen LogP) is 4.47. The molecule has 0 amide bonds. The molecule has 130 valence electrons. The third kappa shape index (κ3) is 3.45. The zero-order valence-electron chi connectivity index (χ0n) is 14.7. The Balaban J connectivity index is 1.35. The molecule has 0 bridgehead atoms. The average molecular weight is 344 g/mol. The Labute approximate surface area is 152 Å². The molecule has 4 rings (SSSR count). The first-order chi connectivity index (χ1) is 12.7. The van der Waals surface area contributed by atoms with E-state index in [1.807, 2.05) is 48.0 Å². The minimum atomic E-state index is -0.202. The molecule has 0 fully saturated rings. The number of pyridine rings is 1. The number of hydrogen-bond acceptors (Lipinski definition) is 3. The Kier molecular flexibility index (Phi) is 4.40. The first kappa shape index (κ1) is 16.3. The van der Waals surface area contributed by atoms with Crippen LogP contribution in [-0.4, -0.2) is 15.4 Å². The van der Waals surface area contributed by atoms with Crippen molar-refractivity contribution in [1.82, 2.24) is 9.38 Å². The molecule has 0 aliphatic heterocycles. The highest BCUT2D eigenvalue weighted by atomic mass is 16.5. The molecule has 4 heteroatoms. The fraction of sp³-hybridized carbons (Fsp3) is 0.182. The monoisotopic (exact) mass is 344 g/mol. The van der Waals surface area contributed by atoms with Crippen LogP contribution in [0.3, 0.4) is 0 Å². The Hall–Kier alpha value is -3.14. The summed E-state index contributed by atoms with van der Waals surface area (Å²) < 4.78 is 7.34. The van der Waals surface area contributed by atoms with E-state index in [0.29, 0.717) is 12.8 Å². The number of aryl methyl sites for hydroxylation is 2. The molecule has 2 aromatic carbocycles. The van der Waals surface area contributed by atoms with Gasteiger partial charge in [0.1, 0.15) is 12.3 Å². The van der Waals surface area contributed by atoms with E-state index < -0.39 is 0 Å². The second-order valence-electron chi connectivity index (χ2n) is 6.50. The van der Waals surface area contributed by atoms with Crippen molar-refractivity contribution < 1.29 is 9.53 Å². The Morgan fingerprint density at radius 3 is 2.77 bits per heavy atom. The number of nitrogens with zero attached hydrogens (tertiary/aromatic N) is 2. The Morgan fingerprint density at radius 2 is 1.92 bits per heavy atom. The fourth-order valence-electron chi connectivity index (χ4n) is 3.14. The number of esters is 1. The molecule has 4 aromatic rings. The summed E-state index contributed by atoms with van der Waals surface area (Å²) in [6.45, 7) is 2.22. The summed E-state index contributed by atoms with van der Waals surface area (Å²) in [7, 11) is 0. The molecule has 0 unspecified atom stereocenters. The van der Waals surface area contributed by atoms with Gasteiger partial charge in [-0.15, -0.1) is 0 Å². The maximum atomic E-state index is 12.1.